The molecule has 0 aliphatic carbocycles. The zero-order chi connectivity index (χ0) is 15.9. The molecule has 3 rings (SSSR count). The van der Waals surface area contributed by atoms with Crippen molar-refractivity contribution < 1.29 is 14.6 Å². The fraction of sp³-hybridized carbons (Fsp3) is 0.294. The van der Waals surface area contributed by atoms with Gasteiger partial charge in [-0.3, -0.25) is 0 Å². The summed E-state index contributed by atoms with van der Waals surface area (Å²) in [5.41, 5.74) is 0.714. The summed E-state index contributed by atoms with van der Waals surface area (Å²) in [6, 6.07) is 12.2. The van der Waals surface area contributed by atoms with Crippen LogP contribution >= 0.6 is 0 Å². The van der Waals surface area contributed by atoms with Crippen LogP contribution in [0.3, 0.4) is 0 Å². The van der Waals surface area contributed by atoms with Crippen molar-refractivity contribution in [1.29, 1.82) is 5.26 Å². The highest BCUT2D eigenvalue weighted by Gasteiger charge is 2.46. The summed E-state index contributed by atoms with van der Waals surface area (Å²) in [5.74, 6) is 0.0360. The lowest BCUT2D eigenvalue weighted by Crippen LogP contribution is -2.51. The molecule has 5 nitrogen and oxygen atoms in total. The van der Waals surface area contributed by atoms with E-state index in [-0.39, 0.29) is 0 Å². The van der Waals surface area contributed by atoms with E-state index in [2.05, 4.69) is 6.07 Å². The summed E-state index contributed by atoms with van der Waals surface area (Å²) in [6.45, 7) is 3.56. The van der Waals surface area contributed by atoms with Crippen molar-refractivity contribution in [2.24, 2.45) is 0 Å². The highest BCUT2D eigenvalue weighted by molar-refractivity contribution is 5.49. The van der Waals surface area contributed by atoms with Gasteiger partial charge in [0.2, 0.25) is 5.69 Å². The highest BCUT2D eigenvalue weighted by Crippen LogP contribution is 2.43. The minimum Gasteiger partial charge on any atom is -0.618 e. The van der Waals surface area contributed by atoms with E-state index in [0.717, 1.165) is 4.73 Å². The Morgan fingerprint density at radius 1 is 1.32 bits per heavy atom. The van der Waals surface area contributed by atoms with Crippen LogP contribution in [0, 0.1) is 16.5 Å². The highest BCUT2D eigenvalue weighted by atomic mass is 16.5. The molecule has 0 bridgehead atoms. The average molecular weight is 296 g/mol. The molecule has 0 spiro atoms. The van der Waals surface area contributed by atoms with E-state index in [1.165, 1.54) is 6.20 Å². The van der Waals surface area contributed by atoms with Gasteiger partial charge < -0.3 is 15.1 Å². The molecule has 1 N–H and O–H groups in total. The first-order valence-electron chi connectivity index (χ1n) is 7.03. The van der Waals surface area contributed by atoms with Crippen LogP contribution in [0.15, 0.2) is 42.6 Å². The topological polar surface area (TPSA) is 80.2 Å². The maximum absolute atomic E-state index is 12.1. The molecule has 112 valence electrons. The van der Waals surface area contributed by atoms with Crippen LogP contribution in [0.2, 0.25) is 0 Å². The lowest BCUT2D eigenvalue weighted by Gasteiger charge is -2.41. The standard InChI is InChI=1S/C17H16N2O3/c1-17(2)16(20)15(13-5-3-4-8-19(13)21)12-9-11(10-18)6-7-14(12)22-17/h3-9,15-16,20H,1-2H3/t15-,16-/m0/s1. The number of ether oxygens (including phenoxy) is 1. The molecule has 0 radical (unpaired) electrons. The van der Waals surface area contributed by atoms with Crippen molar-refractivity contribution in [3.05, 3.63) is 64.6 Å². The number of pyridine rings is 1. The molecule has 1 aliphatic heterocycles. The summed E-state index contributed by atoms with van der Waals surface area (Å²) in [4.78, 5) is 0. The first kappa shape index (κ1) is 14.4. The Kier molecular flexibility index (Phi) is 3.27. The van der Waals surface area contributed by atoms with E-state index < -0.39 is 17.6 Å². The van der Waals surface area contributed by atoms with Crippen LogP contribution in [0.4, 0.5) is 0 Å². The lowest BCUT2D eigenvalue weighted by molar-refractivity contribution is -0.616. The molecule has 0 fully saturated rings. The molecular formula is C17H16N2O3. The molecule has 2 atom stereocenters. The van der Waals surface area contributed by atoms with Crippen LogP contribution in [0.1, 0.15) is 36.6 Å². The third-order valence-corrected chi connectivity index (χ3v) is 4.05. The number of benzene rings is 1. The molecule has 2 heterocycles. The Bertz CT molecular complexity index is 765. The van der Waals surface area contributed by atoms with Gasteiger partial charge in [0.1, 0.15) is 23.4 Å². The van der Waals surface area contributed by atoms with Crippen molar-refractivity contribution in [2.45, 2.75) is 31.5 Å². The van der Waals surface area contributed by atoms with Gasteiger partial charge in [0.15, 0.2) is 6.20 Å². The smallest absolute Gasteiger partial charge is 0.203 e. The SMILES string of the molecule is CC1(C)Oc2ccc(C#N)cc2[C@@H](c2cccc[n+]2[O-])[C@@H]1O. The second-order valence-electron chi connectivity index (χ2n) is 5.94. The maximum Gasteiger partial charge on any atom is 0.203 e. The number of aliphatic hydroxyl groups excluding tert-OH is 1. The van der Waals surface area contributed by atoms with Crippen molar-refractivity contribution in [1.82, 2.24) is 0 Å². The van der Waals surface area contributed by atoms with E-state index in [1.54, 1.807) is 50.2 Å². The minimum absolute atomic E-state index is 0.433. The summed E-state index contributed by atoms with van der Waals surface area (Å²) in [6.07, 6.45) is 0.495. The molecule has 0 saturated heterocycles. The molecule has 0 saturated carbocycles. The van der Waals surface area contributed by atoms with E-state index in [1.807, 2.05) is 0 Å². The third kappa shape index (κ3) is 2.18. The van der Waals surface area contributed by atoms with Gasteiger partial charge in [-0.15, -0.1) is 0 Å². The predicted molar refractivity (Wildman–Crippen MR) is 79.1 cm³/mol. The number of fused-ring (bicyclic) bond motifs is 1. The first-order valence-corrected chi connectivity index (χ1v) is 7.03. The number of rotatable bonds is 1. The second kappa shape index (κ2) is 5.00. The summed E-state index contributed by atoms with van der Waals surface area (Å²) < 4.78 is 6.60. The van der Waals surface area contributed by atoms with E-state index in [0.29, 0.717) is 22.6 Å². The normalized spacial score (nSPS) is 22.3. The largest absolute Gasteiger partial charge is 0.618 e. The zero-order valence-corrected chi connectivity index (χ0v) is 12.4. The molecule has 1 aromatic carbocycles. The van der Waals surface area contributed by atoms with E-state index in [9.17, 15) is 10.3 Å². The fourth-order valence-electron chi connectivity index (χ4n) is 2.87. The summed E-state index contributed by atoms with van der Waals surface area (Å²) >= 11 is 0. The monoisotopic (exact) mass is 296 g/mol. The zero-order valence-electron chi connectivity index (χ0n) is 12.4. The Balaban J connectivity index is 2.24. The van der Waals surface area contributed by atoms with Gasteiger partial charge in [-0.25, -0.2) is 0 Å². The molecule has 1 aromatic heterocycles. The molecule has 22 heavy (non-hydrogen) atoms. The fourth-order valence-corrected chi connectivity index (χ4v) is 2.87. The van der Waals surface area contributed by atoms with Gasteiger partial charge in [0.05, 0.1) is 11.6 Å². The summed E-state index contributed by atoms with van der Waals surface area (Å²) in [7, 11) is 0. The molecule has 0 amide bonds. The van der Waals surface area contributed by atoms with Crippen LogP contribution < -0.4 is 9.47 Å². The number of hydrogen-bond donors (Lipinski definition) is 1. The predicted octanol–water partition coefficient (Wildman–Crippen LogP) is 1.86. The summed E-state index contributed by atoms with van der Waals surface area (Å²) in [5, 5.41) is 32.0. The average Bonchev–Trinajstić information content (AvgIpc) is 2.49. The Hall–Kier alpha value is -2.58. The number of hydrogen-bond acceptors (Lipinski definition) is 4. The van der Waals surface area contributed by atoms with Crippen LogP contribution in [-0.2, 0) is 0 Å². The molecule has 0 unspecified atom stereocenters. The van der Waals surface area contributed by atoms with E-state index in [4.69, 9.17) is 10.00 Å². The van der Waals surface area contributed by atoms with Gasteiger partial charge in [-0.2, -0.15) is 9.99 Å². The van der Waals surface area contributed by atoms with Crippen LogP contribution in [0.5, 0.6) is 5.75 Å². The van der Waals surface area contributed by atoms with Crippen molar-refractivity contribution in [3.8, 4) is 11.8 Å². The van der Waals surface area contributed by atoms with Gasteiger partial charge in [0.25, 0.3) is 0 Å². The Morgan fingerprint density at radius 2 is 2.09 bits per heavy atom. The number of nitriles is 1. The van der Waals surface area contributed by atoms with Crippen molar-refractivity contribution in [3.63, 3.8) is 0 Å². The second-order valence-corrected chi connectivity index (χ2v) is 5.94. The van der Waals surface area contributed by atoms with Crippen molar-refractivity contribution in [2.75, 3.05) is 0 Å². The van der Waals surface area contributed by atoms with E-state index >= 15 is 0 Å². The maximum atomic E-state index is 12.1. The van der Waals surface area contributed by atoms with Crippen LogP contribution in [0.25, 0.3) is 0 Å². The Labute approximate surface area is 128 Å². The Morgan fingerprint density at radius 3 is 2.77 bits per heavy atom. The number of aliphatic hydroxyl groups is 1. The minimum atomic E-state index is -0.906. The number of aromatic nitrogens is 1. The van der Waals surface area contributed by atoms with Gasteiger partial charge in [-0.1, -0.05) is 0 Å². The quantitative estimate of drug-likeness (QED) is 0.643. The third-order valence-electron chi connectivity index (χ3n) is 4.05. The lowest BCUT2D eigenvalue weighted by atomic mass is 9.79. The molecular weight excluding hydrogens is 280 g/mol. The molecule has 5 heteroatoms. The van der Waals surface area contributed by atoms with Gasteiger partial charge in [-0.05, 0) is 38.1 Å². The van der Waals surface area contributed by atoms with Gasteiger partial charge >= 0.3 is 0 Å². The molecule has 2 aromatic rings. The molecule has 1 aliphatic rings. The van der Waals surface area contributed by atoms with Gasteiger partial charge in [0, 0.05) is 17.7 Å². The first-order chi connectivity index (χ1) is 10.4. The van der Waals surface area contributed by atoms with Crippen LogP contribution in [-0.4, -0.2) is 16.8 Å². The van der Waals surface area contributed by atoms with Crippen molar-refractivity contribution >= 4 is 0 Å². The number of nitrogens with zero attached hydrogens (tertiary/aromatic N) is 2.